The predicted octanol–water partition coefficient (Wildman–Crippen LogP) is 3.46. The third kappa shape index (κ3) is 3.40. The van der Waals surface area contributed by atoms with Gasteiger partial charge in [0.05, 0.1) is 5.69 Å². The number of rotatable bonds is 4. The molecule has 3 heterocycles. The number of H-pyrrole nitrogens is 1. The number of hydrogen-bond donors (Lipinski definition) is 2. The Morgan fingerprint density at radius 2 is 1.81 bits per heavy atom. The van der Waals surface area contributed by atoms with Crippen molar-refractivity contribution in [1.82, 2.24) is 14.9 Å². The summed E-state index contributed by atoms with van der Waals surface area (Å²) in [6.07, 6.45) is 1.71. The highest BCUT2D eigenvalue weighted by Gasteiger charge is 2.19. The fourth-order valence-electron chi connectivity index (χ4n) is 3.73. The number of carboxylic acid groups (broad SMARTS) is 1. The molecule has 0 unspecified atom stereocenters. The van der Waals surface area contributed by atoms with Crippen molar-refractivity contribution in [3.05, 3.63) is 48.3 Å². The van der Waals surface area contributed by atoms with Crippen LogP contribution in [0.25, 0.3) is 22.2 Å². The van der Waals surface area contributed by atoms with Crippen molar-refractivity contribution in [2.45, 2.75) is 19.9 Å². The molecule has 1 saturated heterocycles. The molecule has 6 heteroatoms. The number of carboxylic acids is 1. The first kappa shape index (κ1) is 17.5. The van der Waals surface area contributed by atoms with Crippen molar-refractivity contribution in [2.75, 3.05) is 31.1 Å². The summed E-state index contributed by atoms with van der Waals surface area (Å²) >= 11 is 0. The molecular weight excluding hydrogens is 340 g/mol. The second kappa shape index (κ2) is 7.04. The fraction of sp³-hybridized carbons (Fsp3) is 0.333. The summed E-state index contributed by atoms with van der Waals surface area (Å²) in [6.45, 7) is 8.73. The number of aromatic carboxylic acids is 1. The molecule has 6 nitrogen and oxygen atoms in total. The van der Waals surface area contributed by atoms with Crippen molar-refractivity contribution in [3.8, 4) is 11.3 Å². The third-order valence-corrected chi connectivity index (χ3v) is 5.33. The van der Waals surface area contributed by atoms with Gasteiger partial charge < -0.3 is 15.0 Å². The molecule has 0 amide bonds. The maximum atomic E-state index is 11.2. The van der Waals surface area contributed by atoms with Crippen LogP contribution < -0.4 is 4.90 Å². The quantitative estimate of drug-likeness (QED) is 0.742. The number of fused-ring (bicyclic) bond motifs is 1. The van der Waals surface area contributed by atoms with Gasteiger partial charge in [0.25, 0.3) is 0 Å². The van der Waals surface area contributed by atoms with Gasteiger partial charge in [-0.2, -0.15) is 0 Å². The van der Waals surface area contributed by atoms with E-state index < -0.39 is 5.97 Å². The number of pyridine rings is 1. The molecule has 1 aliphatic rings. The second-order valence-electron chi connectivity index (χ2n) is 7.27. The van der Waals surface area contributed by atoms with Crippen molar-refractivity contribution in [2.24, 2.45) is 0 Å². The normalized spacial score (nSPS) is 15.6. The van der Waals surface area contributed by atoms with Gasteiger partial charge in [0, 0.05) is 60.6 Å². The summed E-state index contributed by atoms with van der Waals surface area (Å²) in [6, 6.07) is 12.4. The lowest BCUT2D eigenvalue weighted by atomic mass is 10.1. The number of piperazine rings is 1. The molecule has 27 heavy (non-hydrogen) atoms. The lowest BCUT2D eigenvalue weighted by molar-refractivity contribution is 0.0691. The van der Waals surface area contributed by atoms with E-state index in [1.165, 1.54) is 5.69 Å². The van der Waals surface area contributed by atoms with E-state index >= 15 is 0 Å². The van der Waals surface area contributed by atoms with E-state index in [-0.39, 0.29) is 5.69 Å². The van der Waals surface area contributed by atoms with Crippen LogP contribution in [0, 0.1) is 0 Å². The average Bonchev–Trinajstić information content (AvgIpc) is 3.13. The van der Waals surface area contributed by atoms with Crippen LogP contribution >= 0.6 is 0 Å². The smallest absolute Gasteiger partial charge is 0.352 e. The first-order valence-corrected chi connectivity index (χ1v) is 9.33. The van der Waals surface area contributed by atoms with E-state index in [2.05, 4.69) is 57.9 Å². The highest BCUT2D eigenvalue weighted by Crippen LogP contribution is 2.29. The number of aromatic nitrogens is 2. The van der Waals surface area contributed by atoms with Crippen molar-refractivity contribution >= 4 is 22.6 Å². The first-order valence-electron chi connectivity index (χ1n) is 9.33. The molecule has 2 aromatic heterocycles. The molecule has 1 aliphatic heterocycles. The summed E-state index contributed by atoms with van der Waals surface area (Å²) in [5.74, 6) is -0.965. The lowest BCUT2D eigenvalue weighted by Crippen LogP contribution is -2.48. The molecule has 2 N–H and O–H groups in total. The Labute approximate surface area is 158 Å². The Bertz CT molecular complexity index is 954. The van der Waals surface area contributed by atoms with Gasteiger partial charge in [-0.3, -0.25) is 9.88 Å². The van der Waals surface area contributed by atoms with E-state index in [0.29, 0.717) is 6.04 Å². The van der Waals surface area contributed by atoms with Gasteiger partial charge in [0.2, 0.25) is 0 Å². The fourth-order valence-corrected chi connectivity index (χ4v) is 3.73. The zero-order chi connectivity index (χ0) is 19.0. The Hall–Kier alpha value is -2.86. The van der Waals surface area contributed by atoms with Crippen LogP contribution in [0.15, 0.2) is 42.6 Å². The van der Waals surface area contributed by atoms with Gasteiger partial charge in [-0.15, -0.1) is 0 Å². The average molecular weight is 364 g/mol. The summed E-state index contributed by atoms with van der Waals surface area (Å²) in [4.78, 5) is 23.6. The largest absolute Gasteiger partial charge is 0.477 e. The molecule has 0 saturated carbocycles. The maximum absolute atomic E-state index is 11.2. The molecule has 0 aliphatic carbocycles. The maximum Gasteiger partial charge on any atom is 0.352 e. The zero-order valence-electron chi connectivity index (χ0n) is 15.6. The number of nitrogens with zero attached hydrogens (tertiary/aromatic N) is 3. The Balaban J connectivity index is 1.58. The SMILES string of the molecule is CC(C)N1CCN(c2ccc(-c3nccc4[nH]c(C(=O)O)cc34)cc2)CC1. The van der Waals surface area contributed by atoms with Crippen molar-refractivity contribution < 1.29 is 9.90 Å². The second-order valence-corrected chi connectivity index (χ2v) is 7.27. The summed E-state index contributed by atoms with van der Waals surface area (Å²) in [5, 5.41) is 10.0. The highest BCUT2D eigenvalue weighted by atomic mass is 16.4. The summed E-state index contributed by atoms with van der Waals surface area (Å²) in [7, 11) is 0. The molecule has 4 rings (SSSR count). The number of carbonyl (C=O) groups is 1. The van der Waals surface area contributed by atoms with Gasteiger partial charge in [0.1, 0.15) is 5.69 Å². The van der Waals surface area contributed by atoms with E-state index in [1.54, 1.807) is 18.3 Å². The predicted molar refractivity (Wildman–Crippen MR) is 107 cm³/mol. The Kier molecular flexibility index (Phi) is 4.58. The van der Waals surface area contributed by atoms with Crippen molar-refractivity contribution in [3.63, 3.8) is 0 Å². The van der Waals surface area contributed by atoms with Gasteiger partial charge in [-0.25, -0.2) is 4.79 Å². The third-order valence-electron chi connectivity index (χ3n) is 5.33. The summed E-state index contributed by atoms with van der Waals surface area (Å²) < 4.78 is 0. The number of aromatic amines is 1. The Morgan fingerprint density at radius 1 is 1.11 bits per heavy atom. The molecule has 0 radical (unpaired) electrons. The highest BCUT2D eigenvalue weighted by molar-refractivity contribution is 5.99. The van der Waals surface area contributed by atoms with Gasteiger partial charge >= 0.3 is 5.97 Å². The van der Waals surface area contributed by atoms with E-state index in [0.717, 1.165) is 48.3 Å². The van der Waals surface area contributed by atoms with Crippen LogP contribution in [0.1, 0.15) is 24.3 Å². The number of benzene rings is 1. The van der Waals surface area contributed by atoms with Crippen LogP contribution in [-0.4, -0.2) is 58.2 Å². The van der Waals surface area contributed by atoms with Crippen LogP contribution in [0.5, 0.6) is 0 Å². The molecule has 3 aromatic rings. The standard InChI is InChI=1S/C21H24N4O2/c1-14(2)24-9-11-25(12-10-24)16-5-3-15(4-6-16)20-17-13-19(21(26)27)23-18(17)7-8-22-20/h3-8,13-14,23H,9-12H2,1-2H3,(H,26,27). The molecule has 1 aromatic carbocycles. The minimum absolute atomic E-state index is 0.180. The van der Waals surface area contributed by atoms with E-state index in [9.17, 15) is 9.90 Å². The van der Waals surface area contributed by atoms with Crippen LogP contribution in [0.4, 0.5) is 5.69 Å². The van der Waals surface area contributed by atoms with Gasteiger partial charge in [0.15, 0.2) is 0 Å². The van der Waals surface area contributed by atoms with Gasteiger partial charge in [-0.05, 0) is 38.1 Å². The Morgan fingerprint density at radius 3 is 2.44 bits per heavy atom. The topological polar surface area (TPSA) is 72.5 Å². The number of hydrogen-bond acceptors (Lipinski definition) is 4. The van der Waals surface area contributed by atoms with Crippen LogP contribution in [0.3, 0.4) is 0 Å². The molecular formula is C21H24N4O2. The minimum Gasteiger partial charge on any atom is -0.477 e. The van der Waals surface area contributed by atoms with Gasteiger partial charge in [-0.1, -0.05) is 12.1 Å². The summed E-state index contributed by atoms with van der Waals surface area (Å²) in [5.41, 5.74) is 3.97. The zero-order valence-corrected chi connectivity index (χ0v) is 15.6. The number of anilines is 1. The van der Waals surface area contributed by atoms with Crippen LogP contribution in [0.2, 0.25) is 0 Å². The monoisotopic (exact) mass is 364 g/mol. The van der Waals surface area contributed by atoms with Crippen LogP contribution in [-0.2, 0) is 0 Å². The molecule has 0 spiro atoms. The molecule has 0 bridgehead atoms. The van der Waals surface area contributed by atoms with E-state index in [1.807, 2.05) is 0 Å². The number of nitrogens with one attached hydrogen (secondary N) is 1. The van der Waals surface area contributed by atoms with Crippen molar-refractivity contribution in [1.29, 1.82) is 0 Å². The lowest BCUT2D eigenvalue weighted by Gasteiger charge is -2.38. The first-order chi connectivity index (χ1) is 13.0. The minimum atomic E-state index is -0.965. The molecule has 0 atom stereocenters. The van der Waals surface area contributed by atoms with E-state index in [4.69, 9.17) is 0 Å². The molecule has 140 valence electrons. The molecule has 1 fully saturated rings.